The minimum Gasteiger partial charge on any atom is -0.493 e. The van der Waals surface area contributed by atoms with Crippen molar-refractivity contribution in [2.45, 2.75) is 25.9 Å². The quantitative estimate of drug-likeness (QED) is 0.731. The Hall–Kier alpha value is -2.40. The van der Waals surface area contributed by atoms with Gasteiger partial charge in [0.15, 0.2) is 0 Å². The van der Waals surface area contributed by atoms with E-state index in [0.717, 1.165) is 11.1 Å². The molecule has 0 aliphatic carbocycles. The van der Waals surface area contributed by atoms with Gasteiger partial charge in [0, 0.05) is 19.0 Å². The molecule has 2 rings (SSSR count). The molecule has 0 aliphatic heterocycles. The molecule has 24 heavy (non-hydrogen) atoms. The average molecular weight is 331 g/mol. The second-order valence-electron chi connectivity index (χ2n) is 5.59. The Bertz CT molecular complexity index is 675. The van der Waals surface area contributed by atoms with Gasteiger partial charge in [-0.1, -0.05) is 30.3 Å². The lowest BCUT2D eigenvalue weighted by Crippen LogP contribution is -2.28. The Morgan fingerprint density at radius 2 is 2.04 bits per heavy atom. The van der Waals surface area contributed by atoms with E-state index in [1.165, 1.54) is 12.1 Å². The summed E-state index contributed by atoms with van der Waals surface area (Å²) in [6.45, 7) is 2.43. The van der Waals surface area contributed by atoms with Crippen molar-refractivity contribution in [3.05, 3.63) is 65.5 Å². The number of amides is 1. The number of benzene rings is 2. The Morgan fingerprint density at radius 3 is 2.79 bits per heavy atom. The highest BCUT2D eigenvalue weighted by Crippen LogP contribution is 2.16. The van der Waals surface area contributed by atoms with Crippen LogP contribution in [0.15, 0.2) is 48.5 Å². The van der Waals surface area contributed by atoms with Crippen LogP contribution in [0, 0.1) is 12.7 Å². The van der Waals surface area contributed by atoms with Crippen LogP contribution < -0.4 is 10.1 Å². The van der Waals surface area contributed by atoms with E-state index in [-0.39, 0.29) is 24.7 Å². The lowest BCUT2D eigenvalue weighted by Gasteiger charge is -2.14. The van der Waals surface area contributed by atoms with Gasteiger partial charge in [0.2, 0.25) is 5.91 Å². The van der Waals surface area contributed by atoms with Crippen LogP contribution in [0.25, 0.3) is 0 Å². The summed E-state index contributed by atoms with van der Waals surface area (Å²) in [5.41, 5.74) is 1.80. The van der Waals surface area contributed by atoms with Gasteiger partial charge < -0.3 is 15.2 Å². The summed E-state index contributed by atoms with van der Waals surface area (Å²) < 4.78 is 18.4. The van der Waals surface area contributed by atoms with Crippen LogP contribution in [0.2, 0.25) is 0 Å². The fourth-order valence-corrected chi connectivity index (χ4v) is 2.35. The Morgan fingerprint density at radius 1 is 1.25 bits per heavy atom. The van der Waals surface area contributed by atoms with Gasteiger partial charge in [-0.05, 0) is 36.6 Å². The maximum atomic E-state index is 13.0. The number of carbonyl (C=O) groups excluding carboxylic acids is 1. The van der Waals surface area contributed by atoms with E-state index < -0.39 is 6.10 Å². The number of hydrogen-bond donors (Lipinski definition) is 2. The first-order chi connectivity index (χ1) is 11.6. The summed E-state index contributed by atoms with van der Waals surface area (Å²) in [5, 5.41) is 12.8. The summed E-state index contributed by atoms with van der Waals surface area (Å²) in [4.78, 5) is 11.8. The molecule has 5 heteroatoms. The molecule has 0 aliphatic rings. The Labute approximate surface area is 141 Å². The molecule has 1 unspecified atom stereocenters. The van der Waals surface area contributed by atoms with Crippen molar-refractivity contribution in [3.63, 3.8) is 0 Å². The molecule has 0 aromatic heterocycles. The van der Waals surface area contributed by atoms with E-state index in [9.17, 15) is 14.3 Å². The number of halogens is 1. The van der Waals surface area contributed by atoms with Crippen molar-refractivity contribution in [1.29, 1.82) is 0 Å². The molecule has 128 valence electrons. The summed E-state index contributed by atoms with van der Waals surface area (Å²) in [6, 6.07) is 13.4. The van der Waals surface area contributed by atoms with E-state index in [2.05, 4.69) is 5.32 Å². The molecule has 0 saturated carbocycles. The maximum absolute atomic E-state index is 13.0. The van der Waals surface area contributed by atoms with Gasteiger partial charge in [0.1, 0.15) is 11.6 Å². The van der Waals surface area contributed by atoms with Crippen molar-refractivity contribution < 1.29 is 19.0 Å². The van der Waals surface area contributed by atoms with Crippen LogP contribution >= 0.6 is 0 Å². The standard InChI is InChI=1S/C19H22FNO3/c1-14-6-2-3-9-17(14)18(22)13-21-19(23)10-5-11-24-16-8-4-7-15(20)12-16/h2-4,6-9,12,18,22H,5,10-11,13H2,1H3,(H,21,23). The highest BCUT2D eigenvalue weighted by Gasteiger charge is 2.11. The largest absolute Gasteiger partial charge is 0.493 e. The number of aliphatic hydroxyl groups is 1. The van der Waals surface area contributed by atoms with Gasteiger partial charge in [-0.25, -0.2) is 4.39 Å². The zero-order valence-corrected chi connectivity index (χ0v) is 13.7. The molecule has 1 atom stereocenters. The van der Waals surface area contributed by atoms with E-state index in [0.29, 0.717) is 18.8 Å². The van der Waals surface area contributed by atoms with Crippen LogP contribution in [0.1, 0.15) is 30.1 Å². The van der Waals surface area contributed by atoms with Crippen molar-refractivity contribution in [1.82, 2.24) is 5.32 Å². The maximum Gasteiger partial charge on any atom is 0.220 e. The normalized spacial score (nSPS) is 11.8. The van der Waals surface area contributed by atoms with Crippen LogP contribution in [0.5, 0.6) is 5.75 Å². The average Bonchev–Trinajstić information content (AvgIpc) is 2.57. The Kier molecular flexibility index (Phi) is 6.75. The van der Waals surface area contributed by atoms with E-state index in [4.69, 9.17) is 4.74 Å². The number of rotatable bonds is 8. The molecule has 2 aromatic carbocycles. The van der Waals surface area contributed by atoms with Crippen molar-refractivity contribution >= 4 is 5.91 Å². The molecule has 0 heterocycles. The lowest BCUT2D eigenvalue weighted by molar-refractivity contribution is -0.121. The van der Waals surface area contributed by atoms with E-state index in [1.54, 1.807) is 12.1 Å². The van der Waals surface area contributed by atoms with E-state index >= 15 is 0 Å². The molecule has 0 spiro atoms. The minimum atomic E-state index is -0.723. The number of aryl methyl sites for hydroxylation is 1. The molecule has 0 saturated heterocycles. The molecular formula is C19H22FNO3. The first kappa shape index (κ1) is 17.9. The highest BCUT2D eigenvalue weighted by molar-refractivity contribution is 5.75. The lowest BCUT2D eigenvalue weighted by atomic mass is 10.0. The van der Waals surface area contributed by atoms with Crippen LogP contribution in [-0.2, 0) is 4.79 Å². The predicted molar refractivity (Wildman–Crippen MR) is 90.3 cm³/mol. The third-order valence-electron chi connectivity index (χ3n) is 3.65. The summed E-state index contributed by atoms with van der Waals surface area (Å²) >= 11 is 0. The van der Waals surface area contributed by atoms with Gasteiger partial charge in [-0.3, -0.25) is 4.79 Å². The van der Waals surface area contributed by atoms with Gasteiger partial charge in [0.05, 0.1) is 12.7 Å². The van der Waals surface area contributed by atoms with Crippen molar-refractivity contribution in [2.24, 2.45) is 0 Å². The fraction of sp³-hybridized carbons (Fsp3) is 0.316. The van der Waals surface area contributed by atoms with Gasteiger partial charge >= 0.3 is 0 Å². The van der Waals surface area contributed by atoms with E-state index in [1.807, 2.05) is 31.2 Å². The van der Waals surface area contributed by atoms with Gasteiger partial charge in [0.25, 0.3) is 0 Å². The van der Waals surface area contributed by atoms with Gasteiger partial charge in [-0.2, -0.15) is 0 Å². The number of carbonyl (C=O) groups is 1. The summed E-state index contributed by atoms with van der Waals surface area (Å²) in [7, 11) is 0. The number of nitrogens with one attached hydrogen (secondary N) is 1. The molecule has 0 bridgehead atoms. The second kappa shape index (κ2) is 9.03. The minimum absolute atomic E-state index is 0.148. The van der Waals surface area contributed by atoms with Gasteiger partial charge in [-0.15, -0.1) is 0 Å². The zero-order valence-electron chi connectivity index (χ0n) is 13.7. The summed E-state index contributed by atoms with van der Waals surface area (Å²) in [5.74, 6) is -0.0497. The summed E-state index contributed by atoms with van der Waals surface area (Å²) in [6.07, 6.45) is 0.0807. The third-order valence-corrected chi connectivity index (χ3v) is 3.65. The first-order valence-corrected chi connectivity index (χ1v) is 7.95. The highest BCUT2D eigenvalue weighted by atomic mass is 19.1. The van der Waals surface area contributed by atoms with Crippen LogP contribution in [0.3, 0.4) is 0 Å². The smallest absolute Gasteiger partial charge is 0.220 e. The zero-order chi connectivity index (χ0) is 17.4. The van der Waals surface area contributed by atoms with Crippen molar-refractivity contribution in [2.75, 3.05) is 13.2 Å². The topological polar surface area (TPSA) is 58.6 Å². The third kappa shape index (κ3) is 5.66. The number of hydrogen-bond acceptors (Lipinski definition) is 3. The molecule has 1 amide bonds. The SMILES string of the molecule is Cc1ccccc1C(O)CNC(=O)CCCOc1cccc(F)c1. The second-order valence-corrected chi connectivity index (χ2v) is 5.59. The first-order valence-electron chi connectivity index (χ1n) is 7.95. The monoisotopic (exact) mass is 331 g/mol. The number of aliphatic hydroxyl groups excluding tert-OH is 1. The fourth-order valence-electron chi connectivity index (χ4n) is 2.35. The molecule has 2 aromatic rings. The predicted octanol–water partition coefficient (Wildman–Crippen LogP) is 3.14. The van der Waals surface area contributed by atoms with Crippen molar-refractivity contribution in [3.8, 4) is 5.75 Å². The molecule has 0 fully saturated rings. The molecule has 2 N–H and O–H groups in total. The molecule has 4 nitrogen and oxygen atoms in total. The molecular weight excluding hydrogens is 309 g/mol. The van der Waals surface area contributed by atoms with Crippen LogP contribution in [-0.4, -0.2) is 24.2 Å². The van der Waals surface area contributed by atoms with Crippen LogP contribution in [0.4, 0.5) is 4.39 Å². The molecule has 0 radical (unpaired) electrons. The Balaban J connectivity index is 1.65. The number of ether oxygens (including phenoxy) is 1.